The van der Waals surface area contributed by atoms with Crippen LogP contribution in [0.2, 0.25) is 0 Å². The number of amides is 2. The van der Waals surface area contributed by atoms with E-state index in [1.807, 2.05) is 0 Å². The maximum atomic E-state index is 13.0. The zero-order chi connectivity index (χ0) is 16.6. The Morgan fingerprint density at radius 2 is 1.71 bits per heavy atom. The van der Waals surface area contributed by atoms with Gasteiger partial charge in [-0.05, 0) is 42.2 Å². The molecule has 1 aliphatic heterocycles. The average Bonchev–Trinajstić information content (AvgIpc) is 3.31. The van der Waals surface area contributed by atoms with Crippen molar-refractivity contribution in [1.29, 1.82) is 0 Å². The van der Waals surface area contributed by atoms with E-state index >= 15 is 0 Å². The molecule has 5 heteroatoms. The summed E-state index contributed by atoms with van der Waals surface area (Å²) in [5, 5.41) is 0. The number of hydrogen-bond acceptors (Lipinski definition) is 4. The molecule has 0 N–H and O–H groups in total. The lowest BCUT2D eigenvalue weighted by molar-refractivity contribution is -0.132. The van der Waals surface area contributed by atoms with Crippen LogP contribution in [0.5, 0.6) is 5.75 Å². The lowest BCUT2D eigenvalue weighted by Gasteiger charge is -2.37. The molecule has 0 aromatic heterocycles. The fourth-order valence-corrected chi connectivity index (χ4v) is 5.06. The summed E-state index contributed by atoms with van der Waals surface area (Å²) in [7, 11) is 0. The molecule has 4 aliphatic carbocycles. The van der Waals surface area contributed by atoms with E-state index < -0.39 is 5.97 Å². The first-order valence-electron chi connectivity index (χ1n) is 8.41. The molecule has 2 amide bonds. The van der Waals surface area contributed by atoms with E-state index in [0.717, 1.165) is 6.42 Å². The summed E-state index contributed by atoms with van der Waals surface area (Å²) < 4.78 is 5.08. The standard InChI is InChI=1S/C19H17NO4/c1-9(21)24-11-4-2-3-10(7-11)20-18(22)16-12-5-6-13(15-8-14(12)15)17(16)19(20)23/h2-7,12-17H,8H2,1H3/t12-,13-,14-,15+,16-,17+/m0/s1. The van der Waals surface area contributed by atoms with Crippen LogP contribution < -0.4 is 9.64 Å². The Bertz CT molecular complexity index is 777. The molecular weight excluding hydrogens is 306 g/mol. The van der Waals surface area contributed by atoms with Gasteiger partial charge in [0.15, 0.2) is 0 Å². The molecule has 6 atom stereocenters. The molecule has 1 saturated heterocycles. The molecule has 122 valence electrons. The average molecular weight is 323 g/mol. The topological polar surface area (TPSA) is 63.7 Å². The number of ether oxygens (including phenoxy) is 1. The van der Waals surface area contributed by atoms with Crippen LogP contribution >= 0.6 is 0 Å². The van der Waals surface area contributed by atoms with Crippen molar-refractivity contribution >= 4 is 23.5 Å². The van der Waals surface area contributed by atoms with Crippen molar-refractivity contribution < 1.29 is 19.1 Å². The molecule has 6 rings (SSSR count). The maximum Gasteiger partial charge on any atom is 0.308 e. The normalized spacial score (nSPS) is 38.1. The van der Waals surface area contributed by atoms with Gasteiger partial charge < -0.3 is 4.74 Å². The first-order chi connectivity index (χ1) is 11.6. The Balaban J connectivity index is 1.51. The predicted molar refractivity (Wildman–Crippen MR) is 84.9 cm³/mol. The number of carbonyl (C=O) groups is 3. The van der Waals surface area contributed by atoms with Crippen molar-refractivity contribution in [3.8, 4) is 5.75 Å². The predicted octanol–water partition coefficient (Wildman–Crippen LogP) is 2.17. The fourth-order valence-electron chi connectivity index (χ4n) is 5.06. The van der Waals surface area contributed by atoms with Gasteiger partial charge in [-0.1, -0.05) is 18.2 Å². The van der Waals surface area contributed by atoms with Crippen molar-refractivity contribution in [3.63, 3.8) is 0 Å². The Kier molecular flexibility index (Phi) is 2.65. The monoisotopic (exact) mass is 323 g/mol. The lowest BCUT2D eigenvalue weighted by atomic mass is 9.63. The molecule has 1 heterocycles. The van der Waals surface area contributed by atoms with E-state index in [9.17, 15) is 14.4 Å². The molecule has 1 aromatic rings. The quantitative estimate of drug-likeness (QED) is 0.362. The largest absolute Gasteiger partial charge is 0.427 e. The highest BCUT2D eigenvalue weighted by molar-refractivity contribution is 6.22. The molecule has 5 nitrogen and oxygen atoms in total. The molecule has 1 aromatic carbocycles. The van der Waals surface area contributed by atoms with Crippen LogP contribution in [-0.2, 0) is 14.4 Å². The molecule has 0 spiro atoms. The Hall–Kier alpha value is -2.43. The highest BCUT2D eigenvalue weighted by Crippen LogP contribution is 2.65. The third-order valence-electron chi connectivity index (χ3n) is 6.00. The van der Waals surface area contributed by atoms with Crippen LogP contribution in [-0.4, -0.2) is 17.8 Å². The molecular formula is C19H17NO4. The van der Waals surface area contributed by atoms with Gasteiger partial charge in [0.05, 0.1) is 17.5 Å². The van der Waals surface area contributed by atoms with Crippen molar-refractivity contribution in [2.45, 2.75) is 13.3 Å². The van der Waals surface area contributed by atoms with E-state index in [4.69, 9.17) is 4.74 Å². The van der Waals surface area contributed by atoms with Crippen LogP contribution in [0.15, 0.2) is 36.4 Å². The van der Waals surface area contributed by atoms with Crippen LogP contribution in [0.3, 0.4) is 0 Å². The Morgan fingerprint density at radius 3 is 2.29 bits per heavy atom. The van der Waals surface area contributed by atoms with Gasteiger partial charge >= 0.3 is 5.97 Å². The minimum absolute atomic E-state index is 0.102. The van der Waals surface area contributed by atoms with Crippen molar-refractivity contribution in [3.05, 3.63) is 36.4 Å². The third-order valence-corrected chi connectivity index (χ3v) is 6.00. The molecule has 0 radical (unpaired) electrons. The Labute approximate surface area is 139 Å². The highest BCUT2D eigenvalue weighted by atomic mass is 16.5. The number of allylic oxidation sites excluding steroid dienone is 2. The van der Waals surface area contributed by atoms with E-state index in [1.54, 1.807) is 24.3 Å². The molecule has 2 bridgehead atoms. The molecule has 3 fully saturated rings. The van der Waals surface area contributed by atoms with Gasteiger partial charge in [0.25, 0.3) is 0 Å². The second kappa shape index (κ2) is 4.56. The summed E-state index contributed by atoms with van der Waals surface area (Å²) in [6.45, 7) is 1.32. The van der Waals surface area contributed by atoms with E-state index in [1.165, 1.54) is 11.8 Å². The van der Waals surface area contributed by atoms with Gasteiger partial charge in [-0.2, -0.15) is 0 Å². The first kappa shape index (κ1) is 14.0. The van der Waals surface area contributed by atoms with Gasteiger partial charge in [-0.3, -0.25) is 14.4 Å². The summed E-state index contributed by atoms with van der Waals surface area (Å²) in [4.78, 5) is 38.4. The van der Waals surface area contributed by atoms with Crippen LogP contribution in [0, 0.1) is 35.5 Å². The zero-order valence-electron chi connectivity index (χ0n) is 13.2. The van der Waals surface area contributed by atoms with Crippen molar-refractivity contribution in [2.75, 3.05) is 4.90 Å². The van der Waals surface area contributed by atoms with Crippen LogP contribution in [0.4, 0.5) is 5.69 Å². The van der Waals surface area contributed by atoms with E-state index in [0.29, 0.717) is 23.3 Å². The van der Waals surface area contributed by atoms with Gasteiger partial charge in [-0.25, -0.2) is 4.90 Å². The number of imide groups is 1. The fraction of sp³-hybridized carbons (Fsp3) is 0.421. The number of hydrogen-bond donors (Lipinski definition) is 0. The van der Waals surface area contributed by atoms with Crippen molar-refractivity contribution in [2.24, 2.45) is 35.5 Å². The summed E-state index contributed by atoms with van der Waals surface area (Å²) in [5.41, 5.74) is 0.492. The SMILES string of the molecule is CC(=O)Oc1cccc(N2C(=O)[C@@H]3[C@H]4C=C[C@@H]([C@@H]5C[C@H]45)[C@@H]3C2=O)c1. The van der Waals surface area contributed by atoms with Crippen LogP contribution in [0.25, 0.3) is 0 Å². The number of benzene rings is 1. The van der Waals surface area contributed by atoms with Gasteiger partial charge in [-0.15, -0.1) is 0 Å². The molecule has 2 saturated carbocycles. The smallest absolute Gasteiger partial charge is 0.308 e. The number of carbonyl (C=O) groups excluding carboxylic acids is 3. The van der Waals surface area contributed by atoms with E-state index in [2.05, 4.69) is 12.2 Å². The first-order valence-corrected chi connectivity index (χ1v) is 8.41. The summed E-state index contributed by atoms with van der Waals surface area (Å²) in [6.07, 6.45) is 5.46. The highest BCUT2D eigenvalue weighted by Gasteiger charge is 2.67. The van der Waals surface area contributed by atoms with Gasteiger partial charge in [0, 0.05) is 13.0 Å². The second-order valence-corrected chi connectivity index (χ2v) is 7.26. The molecule has 0 unspecified atom stereocenters. The van der Waals surface area contributed by atoms with Crippen molar-refractivity contribution in [1.82, 2.24) is 0 Å². The number of esters is 1. The maximum absolute atomic E-state index is 13.0. The van der Waals surface area contributed by atoms with Gasteiger partial charge in [0.1, 0.15) is 5.75 Å². The second-order valence-electron chi connectivity index (χ2n) is 7.26. The molecule has 24 heavy (non-hydrogen) atoms. The summed E-state index contributed by atoms with van der Waals surface area (Å²) in [6, 6.07) is 6.64. The number of rotatable bonds is 2. The third kappa shape index (κ3) is 1.72. The van der Waals surface area contributed by atoms with Gasteiger partial charge in [0.2, 0.25) is 11.8 Å². The van der Waals surface area contributed by atoms with Crippen LogP contribution in [0.1, 0.15) is 13.3 Å². The molecule has 5 aliphatic rings. The zero-order valence-corrected chi connectivity index (χ0v) is 13.2. The minimum Gasteiger partial charge on any atom is -0.427 e. The van der Waals surface area contributed by atoms with E-state index in [-0.39, 0.29) is 35.5 Å². The summed E-state index contributed by atoms with van der Waals surface area (Å²) >= 11 is 0. The summed E-state index contributed by atoms with van der Waals surface area (Å²) in [5.74, 6) is 0.884. The Morgan fingerprint density at radius 1 is 1.08 bits per heavy atom. The minimum atomic E-state index is -0.428. The number of nitrogens with zero attached hydrogens (tertiary/aromatic N) is 1. The lowest BCUT2D eigenvalue weighted by Crippen LogP contribution is -2.40. The number of anilines is 1.